The summed E-state index contributed by atoms with van der Waals surface area (Å²) in [6.07, 6.45) is 0. The Balaban J connectivity index is 1.98. The number of nitriles is 2. The second-order valence-corrected chi connectivity index (χ2v) is 5.78. The lowest BCUT2D eigenvalue weighted by Crippen LogP contribution is -2.10. The third-order valence-electron chi connectivity index (χ3n) is 4.09. The van der Waals surface area contributed by atoms with E-state index in [1.807, 2.05) is 12.1 Å². The summed E-state index contributed by atoms with van der Waals surface area (Å²) in [7, 11) is 1.19. The summed E-state index contributed by atoms with van der Waals surface area (Å²) in [5.74, 6) is 1.07. The quantitative estimate of drug-likeness (QED) is 0.402. The molecule has 2 aromatic carbocycles. The lowest BCUT2D eigenvalue weighted by atomic mass is 10.1. The van der Waals surface area contributed by atoms with E-state index in [4.69, 9.17) is 33.0 Å². The molecule has 0 spiro atoms. The van der Waals surface area contributed by atoms with Crippen LogP contribution in [0, 0.1) is 35.8 Å². The molecule has 6 nitrogen and oxygen atoms in total. The molecule has 0 aliphatic rings. The zero-order valence-electron chi connectivity index (χ0n) is 15.8. The van der Waals surface area contributed by atoms with Gasteiger partial charge in [0.1, 0.15) is 11.5 Å². The molecule has 0 saturated carbocycles. The van der Waals surface area contributed by atoms with E-state index in [0.717, 1.165) is 11.1 Å². The SMILES string of the molecule is [C-]#[N+]C(C#N)=C(C)c1ccc(O[B]Oc2ccc(C(C)=C(C#N)[N+]#[C-])cc2)cc1. The first-order valence-corrected chi connectivity index (χ1v) is 8.36. The van der Waals surface area contributed by atoms with Crippen molar-refractivity contribution in [1.82, 2.24) is 0 Å². The van der Waals surface area contributed by atoms with E-state index in [1.165, 1.54) is 7.69 Å². The maximum Gasteiger partial charge on any atom is 0.658 e. The van der Waals surface area contributed by atoms with E-state index in [0.29, 0.717) is 22.6 Å². The number of hydrogen-bond acceptors (Lipinski definition) is 4. The highest BCUT2D eigenvalue weighted by molar-refractivity contribution is 6.20. The molecule has 1 radical (unpaired) electrons. The summed E-state index contributed by atoms with van der Waals surface area (Å²) in [6.45, 7) is 17.4. The van der Waals surface area contributed by atoms with Crippen molar-refractivity contribution >= 4 is 18.8 Å². The number of benzene rings is 2. The molecular formula is C22H14BN4O2. The molecule has 0 aliphatic carbocycles. The van der Waals surface area contributed by atoms with Gasteiger partial charge in [0.25, 0.3) is 11.4 Å². The minimum atomic E-state index is 0.0559. The van der Waals surface area contributed by atoms with Gasteiger partial charge in [0.2, 0.25) is 0 Å². The van der Waals surface area contributed by atoms with Crippen molar-refractivity contribution in [2.75, 3.05) is 0 Å². The predicted octanol–water partition coefficient (Wildman–Crippen LogP) is 5.03. The van der Waals surface area contributed by atoms with Crippen LogP contribution in [-0.4, -0.2) is 7.69 Å². The van der Waals surface area contributed by atoms with Crippen LogP contribution in [0.4, 0.5) is 0 Å². The topological polar surface area (TPSA) is 74.8 Å². The highest BCUT2D eigenvalue weighted by atomic mass is 16.6. The molecule has 0 saturated heterocycles. The lowest BCUT2D eigenvalue weighted by molar-refractivity contribution is 0.459. The van der Waals surface area contributed by atoms with Gasteiger partial charge in [-0.2, -0.15) is 0 Å². The van der Waals surface area contributed by atoms with Gasteiger partial charge in [0, 0.05) is 0 Å². The minimum Gasteiger partial charge on any atom is -0.526 e. The van der Waals surface area contributed by atoms with Gasteiger partial charge in [-0.3, -0.25) is 0 Å². The van der Waals surface area contributed by atoms with E-state index >= 15 is 0 Å². The average molecular weight is 377 g/mol. The van der Waals surface area contributed by atoms with Gasteiger partial charge in [-0.15, -0.1) is 0 Å². The fourth-order valence-electron chi connectivity index (χ4n) is 2.36. The second kappa shape index (κ2) is 10.0. The molecule has 29 heavy (non-hydrogen) atoms. The summed E-state index contributed by atoms with van der Waals surface area (Å²) in [4.78, 5) is 6.41. The number of hydrogen-bond donors (Lipinski definition) is 0. The molecule has 0 unspecified atom stereocenters. The summed E-state index contributed by atoms with van der Waals surface area (Å²) in [6, 6.07) is 17.6. The van der Waals surface area contributed by atoms with Gasteiger partial charge in [0.05, 0.1) is 25.3 Å². The van der Waals surface area contributed by atoms with Crippen LogP contribution >= 0.6 is 0 Å². The Bertz CT molecular complexity index is 997. The molecule has 2 rings (SSSR count). The zero-order valence-corrected chi connectivity index (χ0v) is 15.8. The first-order valence-electron chi connectivity index (χ1n) is 8.36. The average Bonchev–Trinajstić information content (AvgIpc) is 2.76. The summed E-state index contributed by atoms with van der Waals surface area (Å²) in [5.41, 5.74) is 2.86. The second-order valence-electron chi connectivity index (χ2n) is 5.78. The van der Waals surface area contributed by atoms with Crippen molar-refractivity contribution in [3.05, 3.63) is 93.9 Å². The molecule has 0 heterocycles. The Hall–Kier alpha value is -4.46. The van der Waals surface area contributed by atoms with E-state index in [2.05, 4.69) is 9.69 Å². The molecule has 0 aliphatic heterocycles. The van der Waals surface area contributed by atoms with Crippen LogP contribution in [-0.2, 0) is 0 Å². The van der Waals surface area contributed by atoms with Gasteiger partial charge in [-0.05, 0) is 60.4 Å². The molecule has 0 fully saturated rings. The summed E-state index contributed by atoms with van der Waals surface area (Å²) < 4.78 is 10.9. The van der Waals surface area contributed by atoms with Crippen LogP contribution < -0.4 is 9.31 Å². The Morgan fingerprint density at radius 1 is 0.759 bits per heavy atom. The first-order chi connectivity index (χ1) is 14.0. The normalized spacial score (nSPS) is 11.4. The van der Waals surface area contributed by atoms with Crippen LogP contribution in [0.1, 0.15) is 25.0 Å². The first kappa shape index (κ1) is 20.9. The van der Waals surface area contributed by atoms with Crippen LogP contribution in [0.2, 0.25) is 0 Å². The van der Waals surface area contributed by atoms with Gasteiger partial charge in [-0.1, -0.05) is 24.3 Å². The van der Waals surface area contributed by atoms with E-state index in [1.54, 1.807) is 62.4 Å². The molecular weight excluding hydrogens is 363 g/mol. The molecule has 0 atom stereocenters. The molecule has 7 heteroatoms. The molecule has 137 valence electrons. The Morgan fingerprint density at radius 3 is 1.38 bits per heavy atom. The Kier molecular flexibility index (Phi) is 7.21. The number of nitrogens with zero attached hydrogens (tertiary/aromatic N) is 4. The molecule has 0 aromatic heterocycles. The fourth-order valence-corrected chi connectivity index (χ4v) is 2.36. The van der Waals surface area contributed by atoms with Crippen molar-refractivity contribution in [2.45, 2.75) is 13.8 Å². The van der Waals surface area contributed by atoms with Crippen molar-refractivity contribution in [1.29, 1.82) is 10.5 Å². The molecule has 0 amide bonds. The summed E-state index contributed by atoms with van der Waals surface area (Å²) >= 11 is 0. The fraction of sp³-hybridized carbons (Fsp3) is 0.0909. The largest absolute Gasteiger partial charge is 0.658 e. The van der Waals surface area contributed by atoms with Crippen molar-refractivity contribution < 1.29 is 9.31 Å². The van der Waals surface area contributed by atoms with Gasteiger partial charge >= 0.3 is 7.69 Å². The van der Waals surface area contributed by atoms with Gasteiger partial charge < -0.3 is 9.31 Å². The van der Waals surface area contributed by atoms with Gasteiger partial charge in [0.15, 0.2) is 0 Å². The standard InChI is InChI=1S/C22H14BN4O2/c1-15(21(13-24)26-3)17-5-9-19(10-6-17)28-23-29-20-11-7-18(8-12-20)16(2)22(14-25)27-4/h5-12H,1-2H3. The van der Waals surface area contributed by atoms with E-state index in [-0.39, 0.29) is 11.4 Å². The third-order valence-corrected chi connectivity index (χ3v) is 4.09. The Morgan fingerprint density at radius 2 is 1.10 bits per heavy atom. The molecule has 0 bridgehead atoms. The maximum atomic E-state index is 8.94. The predicted molar refractivity (Wildman–Crippen MR) is 110 cm³/mol. The van der Waals surface area contributed by atoms with Crippen molar-refractivity contribution in [3.8, 4) is 23.6 Å². The smallest absolute Gasteiger partial charge is 0.526 e. The van der Waals surface area contributed by atoms with E-state index in [9.17, 15) is 0 Å². The van der Waals surface area contributed by atoms with Crippen LogP contribution in [0.5, 0.6) is 11.5 Å². The maximum absolute atomic E-state index is 8.94. The Labute approximate surface area is 170 Å². The number of allylic oxidation sites excluding steroid dienone is 4. The van der Waals surface area contributed by atoms with Crippen LogP contribution in [0.25, 0.3) is 20.8 Å². The highest BCUT2D eigenvalue weighted by Crippen LogP contribution is 2.23. The van der Waals surface area contributed by atoms with Crippen LogP contribution in [0.3, 0.4) is 0 Å². The van der Waals surface area contributed by atoms with Crippen molar-refractivity contribution in [2.24, 2.45) is 0 Å². The lowest BCUT2D eigenvalue weighted by Gasteiger charge is -2.09. The highest BCUT2D eigenvalue weighted by Gasteiger charge is 2.07. The molecule has 0 N–H and O–H groups in total. The van der Waals surface area contributed by atoms with E-state index < -0.39 is 0 Å². The monoisotopic (exact) mass is 377 g/mol. The zero-order chi connectivity index (χ0) is 21.2. The minimum absolute atomic E-state index is 0.0559. The molecule has 2 aromatic rings. The van der Waals surface area contributed by atoms with Crippen molar-refractivity contribution in [3.63, 3.8) is 0 Å². The summed E-state index contributed by atoms with van der Waals surface area (Å²) in [5, 5.41) is 17.9. The van der Waals surface area contributed by atoms with Crippen LogP contribution in [0.15, 0.2) is 59.9 Å². The number of rotatable bonds is 6. The van der Waals surface area contributed by atoms with Gasteiger partial charge in [-0.25, -0.2) is 20.2 Å². The third kappa shape index (κ3) is 5.27.